The van der Waals surface area contributed by atoms with Crippen molar-refractivity contribution in [2.24, 2.45) is 0 Å². The minimum Gasteiger partial charge on any atom is -0.381 e. The van der Waals surface area contributed by atoms with Crippen molar-refractivity contribution in [3.05, 3.63) is 0 Å². The van der Waals surface area contributed by atoms with Gasteiger partial charge in [-0.3, -0.25) is 0 Å². The lowest BCUT2D eigenvalue weighted by molar-refractivity contribution is 0.273. The molecule has 4 heteroatoms. The second-order valence-corrected chi connectivity index (χ2v) is 4.95. The largest absolute Gasteiger partial charge is 0.381 e. The lowest BCUT2D eigenvalue weighted by atomic mass is 10.1. The number of rotatable bonds is 10. The van der Waals surface area contributed by atoms with Gasteiger partial charge in [-0.05, 0) is 33.0 Å². The molecule has 1 unspecified atom stereocenters. The van der Waals surface area contributed by atoms with Crippen molar-refractivity contribution < 1.29 is 5.11 Å². The molecule has 0 heterocycles. The fourth-order valence-electron chi connectivity index (χ4n) is 1.30. The van der Waals surface area contributed by atoms with Crippen LogP contribution in [0.25, 0.3) is 0 Å². The molecule has 0 fully saturated rings. The van der Waals surface area contributed by atoms with Crippen LogP contribution in [0.2, 0.25) is 0 Å². The molecule has 1 atom stereocenters. The van der Waals surface area contributed by atoms with Gasteiger partial charge in [-0.15, -0.1) is 0 Å². The van der Waals surface area contributed by atoms with Gasteiger partial charge in [0, 0.05) is 6.54 Å². The summed E-state index contributed by atoms with van der Waals surface area (Å²) in [6.07, 6.45) is 6.47. The van der Waals surface area contributed by atoms with Gasteiger partial charge in [0.1, 0.15) is 4.11 Å². The quantitative estimate of drug-likeness (QED) is 0.325. The number of nitrogens with one attached hydrogen (secondary N) is 2. The summed E-state index contributed by atoms with van der Waals surface area (Å²) in [4.78, 5) is 0. The fraction of sp³-hybridized carbons (Fsp3) is 1.00. The van der Waals surface area contributed by atoms with E-state index in [0.29, 0.717) is 6.54 Å². The number of aliphatic hydroxyl groups is 1. The molecule has 0 aliphatic heterocycles. The van der Waals surface area contributed by atoms with Crippen molar-refractivity contribution in [2.45, 2.75) is 36.2 Å². The summed E-state index contributed by atoms with van der Waals surface area (Å²) in [5, 5.41) is 15.3. The normalized spacial score (nSPS) is 13.1. The minimum absolute atomic E-state index is 0.247. The van der Waals surface area contributed by atoms with E-state index >= 15 is 0 Å². The molecule has 0 aromatic rings. The molecule has 0 radical (unpaired) electrons. The molecule has 0 rings (SSSR count). The van der Waals surface area contributed by atoms with Crippen LogP contribution in [-0.2, 0) is 0 Å². The Morgan fingerprint density at radius 1 is 1.07 bits per heavy atom. The third-order valence-electron chi connectivity index (χ3n) is 2.09. The highest BCUT2D eigenvalue weighted by atomic mass is 127. The van der Waals surface area contributed by atoms with Gasteiger partial charge in [0.15, 0.2) is 0 Å². The first-order valence-electron chi connectivity index (χ1n) is 5.45. The van der Waals surface area contributed by atoms with Crippen LogP contribution in [0, 0.1) is 0 Å². The van der Waals surface area contributed by atoms with Gasteiger partial charge in [0.2, 0.25) is 0 Å². The average molecular weight is 314 g/mol. The van der Waals surface area contributed by atoms with E-state index in [1.54, 1.807) is 0 Å². The number of alkyl halides is 1. The Labute approximate surface area is 101 Å². The van der Waals surface area contributed by atoms with Crippen LogP contribution in [0.5, 0.6) is 0 Å². The Bertz CT molecular complexity index is 112. The summed E-state index contributed by atoms with van der Waals surface area (Å²) in [7, 11) is 2.00. The van der Waals surface area contributed by atoms with Gasteiger partial charge in [0.25, 0.3) is 0 Å². The molecule has 0 aromatic carbocycles. The van der Waals surface area contributed by atoms with Gasteiger partial charge in [-0.25, -0.2) is 0 Å². The zero-order chi connectivity index (χ0) is 10.6. The van der Waals surface area contributed by atoms with Crippen LogP contribution in [0.15, 0.2) is 0 Å². The van der Waals surface area contributed by atoms with Gasteiger partial charge in [-0.1, -0.05) is 41.9 Å². The second-order valence-electron chi connectivity index (χ2n) is 3.51. The molecule has 0 aliphatic carbocycles. The maximum absolute atomic E-state index is 8.97. The topological polar surface area (TPSA) is 44.3 Å². The van der Waals surface area contributed by atoms with E-state index in [0.717, 1.165) is 13.1 Å². The summed E-state index contributed by atoms with van der Waals surface area (Å²) in [5.74, 6) is 0. The van der Waals surface area contributed by atoms with Crippen molar-refractivity contribution in [1.29, 1.82) is 0 Å². The third kappa shape index (κ3) is 12.6. The van der Waals surface area contributed by atoms with E-state index in [2.05, 4.69) is 10.6 Å². The monoisotopic (exact) mass is 314 g/mol. The highest BCUT2D eigenvalue weighted by Gasteiger charge is 1.95. The van der Waals surface area contributed by atoms with Crippen LogP contribution in [-0.4, -0.2) is 35.9 Å². The van der Waals surface area contributed by atoms with E-state index in [4.69, 9.17) is 5.11 Å². The highest BCUT2D eigenvalue weighted by molar-refractivity contribution is 14.1. The molecule has 0 spiro atoms. The summed E-state index contributed by atoms with van der Waals surface area (Å²) < 4.78 is -0.247. The highest BCUT2D eigenvalue weighted by Crippen LogP contribution is 2.01. The number of halogens is 1. The average Bonchev–Trinajstić information content (AvgIpc) is 2.15. The second kappa shape index (κ2) is 11.7. The molecule has 0 aliphatic rings. The first kappa shape index (κ1) is 14.6. The number of hydrogen-bond donors (Lipinski definition) is 3. The van der Waals surface area contributed by atoms with Crippen LogP contribution in [0.4, 0.5) is 0 Å². The molecule has 3 N–H and O–H groups in total. The predicted molar refractivity (Wildman–Crippen MR) is 69.9 cm³/mol. The summed E-state index contributed by atoms with van der Waals surface area (Å²) >= 11 is 2.01. The molecule has 3 nitrogen and oxygen atoms in total. The van der Waals surface area contributed by atoms with Gasteiger partial charge < -0.3 is 15.7 Å². The first-order valence-corrected chi connectivity index (χ1v) is 6.69. The first-order chi connectivity index (χ1) is 6.77. The summed E-state index contributed by atoms with van der Waals surface area (Å²) in [6.45, 7) is 2.88. The summed E-state index contributed by atoms with van der Waals surface area (Å²) in [6, 6.07) is 0. The van der Waals surface area contributed by atoms with Crippen LogP contribution in [0.1, 0.15) is 32.1 Å². The van der Waals surface area contributed by atoms with Crippen LogP contribution in [0.3, 0.4) is 0 Å². The van der Waals surface area contributed by atoms with E-state index < -0.39 is 0 Å². The zero-order valence-electron chi connectivity index (χ0n) is 9.06. The lowest BCUT2D eigenvalue weighted by Crippen LogP contribution is -2.23. The van der Waals surface area contributed by atoms with E-state index in [1.807, 2.05) is 29.6 Å². The molecule has 86 valence electrons. The minimum atomic E-state index is -0.247. The van der Waals surface area contributed by atoms with Crippen molar-refractivity contribution >= 4 is 22.6 Å². The molecule has 0 saturated carbocycles. The predicted octanol–water partition coefficient (Wildman–Crippen LogP) is 1.50. The third-order valence-corrected chi connectivity index (χ3v) is 2.53. The van der Waals surface area contributed by atoms with Crippen LogP contribution >= 0.6 is 22.6 Å². The number of hydrogen-bond acceptors (Lipinski definition) is 3. The van der Waals surface area contributed by atoms with Crippen molar-refractivity contribution in [1.82, 2.24) is 10.6 Å². The summed E-state index contributed by atoms with van der Waals surface area (Å²) in [5.41, 5.74) is 0. The van der Waals surface area contributed by atoms with E-state index in [9.17, 15) is 0 Å². The van der Waals surface area contributed by atoms with Crippen molar-refractivity contribution in [3.63, 3.8) is 0 Å². The number of aliphatic hydroxyl groups excluding tert-OH is 1. The van der Waals surface area contributed by atoms with Crippen molar-refractivity contribution in [2.75, 3.05) is 26.7 Å². The molecule has 0 aromatic heterocycles. The standard InChI is InChI=1S/C10H23IN2O/c1-12-7-5-3-2-4-6-8-13-9-10(11)14/h10,12-14H,2-9H2,1H3. The smallest absolute Gasteiger partial charge is 0.117 e. The lowest BCUT2D eigenvalue weighted by Gasteiger charge is -2.05. The molecular weight excluding hydrogens is 291 g/mol. The molecular formula is C10H23IN2O. The maximum atomic E-state index is 8.97. The SMILES string of the molecule is CNCCCCCCCNCC(O)I. The Morgan fingerprint density at radius 3 is 2.21 bits per heavy atom. The van der Waals surface area contributed by atoms with Crippen molar-refractivity contribution in [3.8, 4) is 0 Å². The van der Waals surface area contributed by atoms with Crippen LogP contribution < -0.4 is 10.6 Å². The van der Waals surface area contributed by atoms with E-state index in [-0.39, 0.29) is 4.11 Å². The Morgan fingerprint density at radius 2 is 1.64 bits per heavy atom. The molecule has 0 bridgehead atoms. The molecule has 0 amide bonds. The maximum Gasteiger partial charge on any atom is 0.117 e. The molecule has 0 saturated heterocycles. The Hall–Kier alpha value is 0.610. The Balaban J connectivity index is 2.85. The van der Waals surface area contributed by atoms with Gasteiger partial charge in [0.05, 0.1) is 0 Å². The van der Waals surface area contributed by atoms with Gasteiger partial charge in [-0.2, -0.15) is 0 Å². The van der Waals surface area contributed by atoms with E-state index in [1.165, 1.54) is 32.1 Å². The molecule has 14 heavy (non-hydrogen) atoms. The zero-order valence-corrected chi connectivity index (χ0v) is 11.2. The number of unbranched alkanes of at least 4 members (excludes halogenated alkanes) is 4. The fourth-order valence-corrected chi connectivity index (χ4v) is 1.61. The Kier molecular flexibility index (Phi) is 12.2. The van der Waals surface area contributed by atoms with Gasteiger partial charge >= 0.3 is 0 Å².